The first-order valence-electron chi connectivity index (χ1n) is 10.0. The van der Waals surface area contributed by atoms with Gasteiger partial charge in [-0.2, -0.15) is 0 Å². The van der Waals surface area contributed by atoms with Crippen LogP contribution in [0.1, 0.15) is 34.8 Å². The van der Waals surface area contributed by atoms with E-state index in [1.807, 2.05) is 19.1 Å². The van der Waals surface area contributed by atoms with Crippen molar-refractivity contribution in [2.24, 2.45) is 5.14 Å². The molecule has 0 saturated heterocycles. The van der Waals surface area contributed by atoms with E-state index >= 15 is 0 Å². The molecule has 0 aliphatic heterocycles. The van der Waals surface area contributed by atoms with Gasteiger partial charge in [0.1, 0.15) is 11.5 Å². The smallest absolute Gasteiger partial charge is 0.251 e. The number of rotatable bonds is 9. The van der Waals surface area contributed by atoms with E-state index in [-0.39, 0.29) is 17.0 Å². The Labute approximate surface area is 187 Å². The number of nitrogens with zero attached hydrogens (tertiary/aromatic N) is 1. The normalized spacial score (nSPS) is 11.1. The standard InChI is InChI=1S/C23H25N3O5S/c1-3-13-30-18-7-9-19(10-8-18)31-23-17(5-4-12-25-23)15-26-22(27)21-14-20(32(24,28)29)11-6-16(21)2/h4-12,14H,3,13,15H2,1-2H3,(H,26,27)(H2,24,28,29). The molecule has 0 fully saturated rings. The fourth-order valence-corrected chi connectivity index (χ4v) is 3.42. The van der Waals surface area contributed by atoms with Crippen LogP contribution in [0.2, 0.25) is 0 Å². The largest absolute Gasteiger partial charge is 0.494 e. The third-order valence-electron chi connectivity index (χ3n) is 4.58. The summed E-state index contributed by atoms with van der Waals surface area (Å²) < 4.78 is 34.7. The average Bonchev–Trinajstić information content (AvgIpc) is 2.77. The van der Waals surface area contributed by atoms with E-state index in [1.165, 1.54) is 12.1 Å². The fraction of sp³-hybridized carbons (Fsp3) is 0.217. The first kappa shape index (κ1) is 23.2. The lowest BCUT2D eigenvalue weighted by Gasteiger charge is -2.12. The number of hydrogen-bond acceptors (Lipinski definition) is 6. The second kappa shape index (κ2) is 10.3. The molecular weight excluding hydrogens is 430 g/mol. The highest BCUT2D eigenvalue weighted by molar-refractivity contribution is 7.89. The van der Waals surface area contributed by atoms with Crippen molar-refractivity contribution in [3.63, 3.8) is 0 Å². The SMILES string of the molecule is CCCOc1ccc(Oc2ncccc2CNC(=O)c2cc(S(N)(=O)=O)ccc2C)cc1. The van der Waals surface area contributed by atoms with Gasteiger partial charge in [0.15, 0.2) is 0 Å². The number of carbonyl (C=O) groups excluding carboxylic acids is 1. The number of ether oxygens (including phenoxy) is 2. The minimum absolute atomic E-state index is 0.120. The summed E-state index contributed by atoms with van der Waals surface area (Å²) in [7, 11) is -3.91. The Kier molecular flexibility index (Phi) is 7.45. The van der Waals surface area contributed by atoms with Gasteiger partial charge < -0.3 is 14.8 Å². The van der Waals surface area contributed by atoms with Gasteiger partial charge in [0.2, 0.25) is 15.9 Å². The maximum absolute atomic E-state index is 12.7. The van der Waals surface area contributed by atoms with Crippen LogP contribution in [0, 0.1) is 6.92 Å². The Balaban J connectivity index is 1.71. The summed E-state index contributed by atoms with van der Waals surface area (Å²) in [6.45, 7) is 4.54. The molecule has 0 spiro atoms. The second-order valence-electron chi connectivity index (χ2n) is 7.09. The van der Waals surface area contributed by atoms with Crippen molar-refractivity contribution in [1.82, 2.24) is 10.3 Å². The van der Waals surface area contributed by atoms with Gasteiger partial charge in [-0.1, -0.05) is 19.1 Å². The van der Waals surface area contributed by atoms with Gasteiger partial charge in [-0.15, -0.1) is 0 Å². The molecule has 0 radical (unpaired) electrons. The van der Waals surface area contributed by atoms with E-state index in [0.717, 1.165) is 12.2 Å². The Morgan fingerprint density at radius 2 is 1.81 bits per heavy atom. The molecule has 3 aromatic rings. The van der Waals surface area contributed by atoms with Gasteiger partial charge in [0, 0.05) is 23.9 Å². The summed E-state index contributed by atoms with van der Waals surface area (Å²) in [5.41, 5.74) is 1.51. The zero-order valence-corrected chi connectivity index (χ0v) is 18.7. The van der Waals surface area contributed by atoms with Crippen LogP contribution < -0.4 is 19.9 Å². The van der Waals surface area contributed by atoms with Gasteiger partial charge in [0.25, 0.3) is 5.91 Å². The molecule has 9 heteroatoms. The highest BCUT2D eigenvalue weighted by atomic mass is 32.2. The van der Waals surface area contributed by atoms with Crippen LogP contribution in [0.25, 0.3) is 0 Å². The third-order valence-corrected chi connectivity index (χ3v) is 5.49. The van der Waals surface area contributed by atoms with E-state index in [1.54, 1.807) is 43.5 Å². The number of nitrogens with one attached hydrogen (secondary N) is 1. The number of benzene rings is 2. The molecule has 168 valence electrons. The molecule has 1 heterocycles. The highest BCUT2D eigenvalue weighted by Gasteiger charge is 2.16. The molecule has 1 amide bonds. The zero-order valence-electron chi connectivity index (χ0n) is 17.9. The molecule has 0 bridgehead atoms. The van der Waals surface area contributed by atoms with Gasteiger partial charge >= 0.3 is 0 Å². The van der Waals surface area contributed by atoms with Gasteiger partial charge in [0.05, 0.1) is 11.5 Å². The Hall–Kier alpha value is -3.43. The van der Waals surface area contributed by atoms with Crippen LogP contribution in [-0.2, 0) is 16.6 Å². The van der Waals surface area contributed by atoms with Crippen molar-refractivity contribution in [3.8, 4) is 17.4 Å². The average molecular weight is 456 g/mol. The van der Waals surface area contributed by atoms with Crippen LogP contribution >= 0.6 is 0 Å². The van der Waals surface area contributed by atoms with Gasteiger partial charge in [-0.25, -0.2) is 18.5 Å². The van der Waals surface area contributed by atoms with E-state index in [9.17, 15) is 13.2 Å². The molecule has 8 nitrogen and oxygen atoms in total. The third kappa shape index (κ3) is 6.05. The van der Waals surface area contributed by atoms with E-state index in [0.29, 0.717) is 29.4 Å². The summed E-state index contributed by atoms with van der Waals surface area (Å²) in [5, 5.41) is 7.95. The number of carbonyl (C=O) groups is 1. The second-order valence-corrected chi connectivity index (χ2v) is 8.66. The van der Waals surface area contributed by atoms with Crippen LogP contribution in [-0.4, -0.2) is 25.9 Å². The topological polar surface area (TPSA) is 121 Å². The maximum Gasteiger partial charge on any atom is 0.251 e. The monoisotopic (exact) mass is 455 g/mol. The molecule has 0 aliphatic carbocycles. The molecule has 2 aromatic carbocycles. The number of hydrogen-bond donors (Lipinski definition) is 2. The van der Waals surface area contributed by atoms with E-state index in [2.05, 4.69) is 10.3 Å². The number of primary sulfonamides is 1. The predicted octanol–water partition coefficient (Wildman–Crippen LogP) is 3.55. The molecule has 1 aromatic heterocycles. The Bertz CT molecular complexity index is 1190. The first-order valence-corrected chi connectivity index (χ1v) is 11.6. The van der Waals surface area contributed by atoms with Crippen molar-refractivity contribution in [1.29, 1.82) is 0 Å². The minimum Gasteiger partial charge on any atom is -0.494 e. The number of nitrogens with two attached hydrogens (primary N) is 1. The predicted molar refractivity (Wildman–Crippen MR) is 120 cm³/mol. The summed E-state index contributed by atoms with van der Waals surface area (Å²) in [4.78, 5) is 16.8. The fourth-order valence-electron chi connectivity index (χ4n) is 2.88. The summed E-state index contributed by atoms with van der Waals surface area (Å²) in [5.74, 6) is 1.26. The number of amides is 1. The van der Waals surface area contributed by atoms with Crippen LogP contribution in [0.4, 0.5) is 0 Å². The Morgan fingerprint density at radius 1 is 1.09 bits per heavy atom. The van der Waals surface area contributed by atoms with Crippen molar-refractivity contribution in [2.45, 2.75) is 31.7 Å². The van der Waals surface area contributed by atoms with Crippen molar-refractivity contribution in [2.75, 3.05) is 6.61 Å². The quantitative estimate of drug-likeness (QED) is 0.509. The van der Waals surface area contributed by atoms with Crippen molar-refractivity contribution >= 4 is 15.9 Å². The molecular formula is C23H25N3O5S. The van der Waals surface area contributed by atoms with Crippen LogP contribution in [0.5, 0.6) is 17.4 Å². The maximum atomic E-state index is 12.7. The molecule has 3 N–H and O–H groups in total. The molecule has 32 heavy (non-hydrogen) atoms. The van der Waals surface area contributed by atoms with E-state index in [4.69, 9.17) is 14.6 Å². The van der Waals surface area contributed by atoms with Crippen molar-refractivity contribution < 1.29 is 22.7 Å². The van der Waals surface area contributed by atoms with Gasteiger partial charge in [-0.05, 0) is 61.4 Å². The van der Waals surface area contributed by atoms with Gasteiger partial charge in [-0.3, -0.25) is 4.79 Å². The lowest BCUT2D eigenvalue weighted by molar-refractivity contribution is 0.0950. The molecule has 0 saturated carbocycles. The zero-order chi connectivity index (χ0) is 23.1. The Morgan fingerprint density at radius 3 is 2.50 bits per heavy atom. The molecule has 3 rings (SSSR count). The molecule has 0 unspecified atom stereocenters. The number of sulfonamides is 1. The summed E-state index contributed by atoms with van der Waals surface area (Å²) in [6, 6.07) is 14.9. The van der Waals surface area contributed by atoms with Crippen LogP contribution in [0.15, 0.2) is 65.7 Å². The number of pyridine rings is 1. The molecule has 0 atom stereocenters. The molecule has 0 aliphatic rings. The van der Waals surface area contributed by atoms with E-state index < -0.39 is 15.9 Å². The first-order chi connectivity index (χ1) is 15.3. The lowest BCUT2D eigenvalue weighted by atomic mass is 10.1. The number of aryl methyl sites for hydroxylation is 1. The lowest BCUT2D eigenvalue weighted by Crippen LogP contribution is -2.24. The van der Waals surface area contributed by atoms with Crippen molar-refractivity contribution in [3.05, 3.63) is 77.5 Å². The van der Waals surface area contributed by atoms with Crippen LogP contribution in [0.3, 0.4) is 0 Å². The minimum atomic E-state index is -3.91. The summed E-state index contributed by atoms with van der Waals surface area (Å²) in [6.07, 6.45) is 2.52. The number of aromatic nitrogens is 1. The highest BCUT2D eigenvalue weighted by Crippen LogP contribution is 2.25. The summed E-state index contributed by atoms with van der Waals surface area (Å²) >= 11 is 0.